The van der Waals surface area contributed by atoms with E-state index in [2.05, 4.69) is 21.0 Å². The van der Waals surface area contributed by atoms with E-state index >= 15 is 0 Å². The molecule has 19 heavy (non-hydrogen) atoms. The van der Waals surface area contributed by atoms with Crippen LogP contribution in [0.2, 0.25) is 0 Å². The molecule has 0 aliphatic rings. The summed E-state index contributed by atoms with van der Waals surface area (Å²) in [5, 5.41) is 13.3. The van der Waals surface area contributed by atoms with Gasteiger partial charge in [0.15, 0.2) is 0 Å². The topological polar surface area (TPSA) is 55.1 Å². The van der Waals surface area contributed by atoms with Crippen LogP contribution in [0.1, 0.15) is 17.7 Å². The van der Waals surface area contributed by atoms with Crippen LogP contribution < -0.4 is 0 Å². The lowest BCUT2D eigenvalue weighted by molar-refractivity contribution is -0.136. The number of aryl methyl sites for hydroxylation is 1. The van der Waals surface area contributed by atoms with Crippen LogP contribution in [0, 0.1) is 6.92 Å². The number of carboxylic acids is 1. The SMILES string of the molecule is Cc1c(-c2ccc(Br)cc2)nn(C)c1CCC(=O)O. The van der Waals surface area contributed by atoms with Crippen LogP contribution in [0.4, 0.5) is 0 Å². The Balaban J connectivity index is 2.35. The number of nitrogens with zero attached hydrogens (tertiary/aromatic N) is 2. The van der Waals surface area contributed by atoms with E-state index in [1.807, 2.05) is 38.2 Å². The standard InChI is InChI=1S/C14H15BrN2O2/c1-9-12(7-8-13(18)19)17(2)16-14(9)10-3-5-11(15)6-4-10/h3-6H,7-8H2,1-2H3,(H,18,19). The molecule has 2 rings (SSSR count). The molecule has 0 spiro atoms. The van der Waals surface area contributed by atoms with Crippen LogP contribution >= 0.6 is 15.9 Å². The Bertz CT molecular complexity index is 603. The summed E-state index contributed by atoms with van der Waals surface area (Å²) < 4.78 is 2.80. The lowest BCUT2D eigenvalue weighted by atomic mass is 10.1. The number of hydrogen-bond acceptors (Lipinski definition) is 2. The molecular weight excluding hydrogens is 308 g/mol. The van der Waals surface area contributed by atoms with Crippen LogP contribution in [0.15, 0.2) is 28.7 Å². The molecule has 1 aromatic carbocycles. The van der Waals surface area contributed by atoms with E-state index in [0.29, 0.717) is 6.42 Å². The predicted octanol–water partition coefficient (Wildman–Crippen LogP) is 3.18. The largest absolute Gasteiger partial charge is 0.481 e. The zero-order chi connectivity index (χ0) is 14.0. The number of hydrogen-bond donors (Lipinski definition) is 1. The van der Waals surface area contributed by atoms with Gasteiger partial charge in [0, 0.05) is 29.2 Å². The molecule has 0 saturated heterocycles. The van der Waals surface area contributed by atoms with E-state index < -0.39 is 5.97 Å². The van der Waals surface area contributed by atoms with Gasteiger partial charge >= 0.3 is 5.97 Å². The van der Waals surface area contributed by atoms with Gasteiger partial charge < -0.3 is 5.11 Å². The second-order valence-electron chi connectivity index (χ2n) is 4.44. The van der Waals surface area contributed by atoms with Gasteiger partial charge in [-0.3, -0.25) is 9.48 Å². The van der Waals surface area contributed by atoms with Gasteiger partial charge in [0.2, 0.25) is 0 Å². The molecule has 0 saturated carbocycles. The number of aromatic nitrogens is 2. The summed E-state index contributed by atoms with van der Waals surface area (Å²) in [5.41, 5.74) is 3.97. The fourth-order valence-electron chi connectivity index (χ4n) is 2.12. The van der Waals surface area contributed by atoms with E-state index in [1.54, 1.807) is 4.68 Å². The molecule has 0 amide bonds. The summed E-state index contributed by atoms with van der Waals surface area (Å²) in [6.45, 7) is 1.99. The molecule has 0 fully saturated rings. The average molecular weight is 323 g/mol. The lowest BCUT2D eigenvalue weighted by Gasteiger charge is -2.01. The molecule has 4 nitrogen and oxygen atoms in total. The first kappa shape index (κ1) is 13.8. The lowest BCUT2D eigenvalue weighted by Crippen LogP contribution is -2.03. The first-order valence-electron chi connectivity index (χ1n) is 5.99. The fourth-order valence-corrected chi connectivity index (χ4v) is 2.39. The normalized spacial score (nSPS) is 10.7. The zero-order valence-corrected chi connectivity index (χ0v) is 12.4. The number of aliphatic carboxylic acids is 1. The number of benzene rings is 1. The highest BCUT2D eigenvalue weighted by Crippen LogP contribution is 2.26. The highest BCUT2D eigenvalue weighted by molar-refractivity contribution is 9.10. The monoisotopic (exact) mass is 322 g/mol. The van der Waals surface area contributed by atoms with Gasteiger partial charge in [-0.2, -0.15) is 5.10 Å². The number of carbonyl (C=O) groups is 1. The van der Waals surface area contributed by atoms with Gasteiger partial charge in [0.1, 0.15) is 0 Å². The Morgan fingerprint density at radius 3 is 2.58 bits per heavy atom. The van der Waals surface area contributed by atoms with Crippen molar-refractivity contribution in [2.75, 3.05) is 0 Å². The van der Waals surface area contributed by atoms with Crippen molar-refractivity contribution in [3.05, 3.63) is 40.0 Å². The molecule has 100 valence electrons. The quantitative estimate of drug-likeness (QED) is 0.940. The molecule has 1 heterocycles. The Morgan fingerprint density at radius 2 is 2.00 bits per heavy atom. The first-order valence-corrected chi connectivity index (χ1v) is 6.78. The molecule has 0 unspecified atom stereocenters. The minimum absolute atomic E-state index is 0.125. The Morgan fingerprint density at radius 1 is 1.37 bits per heavy atom. The van der Waals surface area contributed by atoms with E-state index in [-0.39, 0.29) is 6.42 Å². The Labute approximate surface area is 120 Å². The summed E-state index contributed by atoms with van der Waals surface area (Å²) in [6, 6.07) is 7.95. The minimum atomic E-state index is -0.786. The number of carboxylic acid groups (broad SMARTS) is 1. The molecule has 2 aromatic rings. The zero-order valence-electron chi connectivity index (χ0n) is 10.9. The maximum atomic E-state index is 10.7. The molecule has 5 heteroatoms. The van der Waals surface area contributed by atoms with Gasteiger partial charge in [-0.1, -0.05) is 28.1 Å². The second kappa shape index (κ2) is 5.57. The van der Waals surface area contributed by atoms with Crippen molar-refractivity contribution < 1.29 is 9.90 Å². The predicted molar refractivity (Wildman–Crippen MR) is 77.0 cm³/mol. The van der Waals surface area contributed by atoms with Gasteiger partial charge in [0.05, 0.1) is 12.1 Å². The van der Waals surface area contributed by atoms with Crippen molar-refractivity contribution in [3.63, 3.8) is 0 Å². The van der Waals surface area contributed by atoms with E-state index in [0.717, 1.165) is 27.0 Å². The van der Waals surface area contributed by atoms with Crippen molar-refractivity contribution in [2.24, 2.45) is 7.05 Å². The van der Waals surface area contributed by atoms with Crippen LogP contribution in [0.3, 0.4) is 0 Å². The maximum absolute atomic E-state index is 10.7. The summed E-state index contributed by atoms with van der Waals surface area (Å²) in [6.07, 6.45) is 0.626. The van der Waals surface area contributed by atoms with Crippen LogP contribution in [0.5, 0.6) is 0 Å². The fraction of sp³-hybridized carbons (Fsp3) is 0.286. The van der Waals surface area contributed by atoms with Crippen molar-refractivity contribution in [2.45, 2.75) is 19.8 Å². The van der Waals surface area contributed by atoms with Gasteiger partial charge in [0.25, 0.3) is 0 Å². The van der Waals surface area contributed by atoms with Crippen molar-refractivity contribution in [1.29, 1.82) is 0 Å². The third-order valence-electron chi connectivity index (χ3n) is 3.12. The summed E-state index contributed by atoms with van der Waals surface area (Å²) in [7, 11) is 1.85. The summed E-state index contributed by atoms with van der Waals surface area (Å²) in [5.74, 6) is -0.786. The molecular formula is C14H15BrN2O2. The number of halogens is 1. The van der Waals surface area contributed by atoms with Crippen LogP contribution in [0.25, 0.3) is 11.3 Å². The van der Waals surface area contributed by atoms with Crippen LogP contribution in [-0.2, 0) is 18.3 Å². The van der Waals surface area contributed by atoms with Crippen molar-refractivity contribution in [3.8, 4) is 11.3 Å². The number of rotatable bonds is 4. The van der Waals surface area contributed by atoms with E-state index in [4.69, 9.17) is 5.11 Å². The maximum Gasteiger partial charge on any atom is 0.303 e. The molecule has 0 atom stereocenters. The van der Waals surface area contributed by atoms with Gasteiger partial charge in [-0.05, 0) is 24.6 Å². The highest BCUT2D eigenvalue weighted by Gasteiger charge is 2.14. The van der Waals surface area contributed by atoms with Crippen molar-refractivity contribution in [1.82, 2.24) is 9.78 Å². The van der Waals surface area contributed by atoms with Crippen LogP contribution in [-0.4, -0.2) is 20.9 Å². The molecule has 0 aliphatic heterocycles. The molecule has 0 aliphatic carbocycles. The molecule has 1 N–H and O–H groups in total. The van der Waals surface area contributed by atoms with Crippen molar-refractivity contribution >= 4 is 21.9 Å². The van der Waals surface area contributed by atoms with Gasteiger partial charge in [-0.25, -0.2) is 0 Å². The first-order chi connectivity index (χ1) is 8.99. The molecule has 0 bridgehead atoms. The summed E-state index contributed by atoms with van der Waals surface area (Å²) >= 11 is 3.41. The minimum Gasteiger partial charge on any atom is -0.481 e. The smallest absolute Gasteiger partial charge is 0.303 e. The second-order valence-corrected chi connectivity index (χ2v) is 5.36. The molecule has 1 aromatic heterocycles. The Kier molecular flexibility index (Phi) is 4.04. The summed E-state index contributed by atoms with van der Waals surface area (Å²) in [4.78, 5) is 10.7. The highest BCUT2D eigenvalue weighted by atomic mass is 79.9. The third-order valence-corrected chi connectivity index (χ3v) is 3.65. The molecule has 0 radical (unpaired) electrons. The van der Waals surface area contributed by atoms with Gasteiger partial charge in [-0.15, -0.1) is 0 Å². The van der Waals surface area contributed by atoms with E-state index in [9.17, 15) is 4.79 Å². The van der Waals surface area contributed by atoms with E-state index in [1.165, 1.54) is 0 Å². The third kappa shape index (κ3) is 3.04. The average Bonchev–Trinajstić information content (AvgIpc) is 2.63. The Hall–Kier alpha value is -1.62.